The highest BCUT2D eigenvalue weighted by molar-refractivity contribution is 7.47. The van der Waals surface area contributed by atoms with Gasteiger partial charge in [-0.15, -0.1) is 0 Å². The zero-order valence-electron chi connectivity index (χ0n) is 39.5. The largest absolute Gasteiger partial charge is 0.472 e. The summed E-state index contributed by atoms with van der Waals surface area (Å²) in [4.78, 5) is 35.4. The lowest BCUT2D eigenvalue weighted by Crippen LogP contribution is -2.37. The number of likely N-dealkylation sites (N-methyl/N-ethyl adjacent to an activating group) is 1. The Balaban J connectivity index is 4.42. The number of hydrogen-bond acceptors (Lipinski definition) is 8. The Kier molecular flexibility index (Phi) is 40.1. The molecule has 0 aliphatic rings. The van der Waals surface area contributed by atoms with Crippen LogP contribution in [0.4, 0.5) is 0 Å². The normalized spacial score (nSPS) is 14.5. The molecule has 0 aliphatic heterocycles. The van der Waals surface area contributed by atoms with E-state index in [9.17, 15) is 24.2 Å². The lowest BCUT2D eigenvalue weighted by Gasteiger charge is -2.24. The summed E-state index contributed by atoms with van der Waals surface area (Å²) in [6.07, 6.45) is 47.4. The molecule has 0 fully saturated rings. The zero-order valence-corrected chi connectivity index (χ0v) is 40.4. The zero-order chi connectivity index (χ0) is 45.1. The molecule has 2 N–H and O–H groups in total. The van der Waals surface area contributed by atoms with Crippen LogP contribution in [0.25, 0.3) is 0 Å². The summed E-state index contributed by atoms with van der Waals surface area (Å²) in [7, 11) is 1.41. The fourth-order valence-electron chi connectivity index (χ4n) is 6.29. The molecule has 0 spiro atoms. The first kappa shape index (κ1) is 58.7. The van der Waals surface area contributed by atoms with Crippen molar-refractivity contribution in [3.63, 3.8) is 0 Å². The van der Waals surface area contributed by atoms with Gasteiger partial charge in [0.25, 0.3) is 0 Å². The second-order valence-corrected chi connectivity index (χ2v) is 18.8. The van der Waals surface area contributed by atoms with Crippen molar-refractivity contribution in [2.75, 3.05) is 47.5 Å². The van der Waals surface area contributed by atoms with Crippen LogP contribution in [0.5, 0.6) is 0 Å². The minimum absolute atomic E-state index is 0.0109. The second kappa shape index (κ2) is 41.7. The number of carbonyl (C=O) groups excluding carboxylic acids is 2. The highest BCUT2D eigenvalue weighted by Gasteiger charge is 2.27. The molecule has 0 rings (SSSR count). The van der Waals surface area contributed by atoms with Crippen molar-refractivity contribution >= 4 is 19.8 Å². The molecule has 0 amide bonds. The summed E-state index contributed by atoms with van der Waals surface area (Å²) in [5, 5.41) is 9.92. The smallest absolute Gasteiger partial charge is 0.462 e. The molecule has 354 valence electrons. The van der Waals surface area contributed by atoms with Gasteiger partial charge in [-0.05, 0) is 64.2 Å². The molecule has 3 atom stereocenters. The number of aliphatic hydroxyl groups is 1. The molecule has 11 heteroatoms. The van der Waals surface area contributed by atoms with Crippen LogP contribution in [0, 0.1) is 0 Å². The van der Waals surface area contributed by atoms with E-state index >= 15 is 0 Å². The Labute approximate surface area is 373 Å². The average molecular weight is 881 g/mol. The van der Waals surface area contributed by atoms with Crippen LogP contribution in [0.1, 0.15) is 187 Å². The molecule has 0 heterocycles. The maximum atomic E-state index is 12.7. The number of carbonyl (C=O) groups is 2. The molecule has 0 saturated heterocycles. The third-order valence-corrected chi connectivity index (χ3v) is 11.1. The Morgan fingerprint density at radius 1 is 0.590 bits per heavy atom. The quantitative estimate of drug-likeness (QED) is 0.0154. The van der Waals surface area contributed by atoms with E-state index in [0.717, 1.165) is 64.2 Å². The maximum absolute atomic E-state index is 12.7. The van der Waals surface area contributed by atoms with Crippen LogP contribution >= 0.6 is 7.82 Å². The van der Waals surface area contributed by atoms with Gasteiger partial charge >= 0.3 is 19.8 Å². The first-order valence-corrected chi connectivity index (χ1v) is 25.6. The van der Waals surface area contributed by atoms with E-state index in [1.54, 1.807) is 0 Å². The van der Waals surface area contributed by atoms with Gasteiger partial charge in [0.1, 0.15) is 19.8 Å². The molecule has 10 nitrogen and oxygen atoms in total. The van der Waals surface area contributed by atoms with Crippen molar-refractivity contribution in [2.24, 2.45) is 0 Å². The number of allylic oxidation sites excluding steroid dienone is 9. The van der Waals surface area contributed by atoms with Gasteiger partial charge in [0.2, 0.25) is 0 Å². The summed E-state index contributed by atoms with van der Waals surface area (Å²) >= 11 is 0. The summed E-state index contributed by atoms with van der Waals surface area (Å²) in [5.74, 6) is -0.893. The second-order valence-electron chi connectivity index (χ2n) is 17.3. The number of ether oxygens (including phenoxy) is 2. The van der Waals surface area contributed by atoms with E-state index in [-0.39, 0.29) is 32.2 Å². The summed E-state index contributed by atoms with van der Waals surface area (Å²) in [6, 6.07) is 0. The summed E-state index contributed by atoms with van der Waals surface area (Å²) < 4.78 is 34.3. The molecule has 0 aliphatic carbocycles. The van der Waals surface area contributed by atoms with Gasteiger partial charge in [0.15, 0.2) is 6.10 Å². The Bertz CT molecular complexity index is 1240. The number of aliphatic hydroxyl groups excluding tert-OH is 1. The summed E-state index contributed by atoms with van der Waals surface area (Å²) in [6.45, 7) is 4.21. The fraction of sp³-hybridized carbons (Fsp3) is 0.760. The van der Waals surface area contributed by atoms with Crippen molar-refractivity contribution < 1.29 is 47.2 Å². The average Bonchev–Trinajstić information content (AvgIpc) is 3.21. The van der Waals surface area contributed by atoms with Crippen molar-refractivity contribution in [1.82, 2.24) is 0 Å². The number of esters is 2. The van der Waals surface area contributed by atoms with Crippen LogP contribution in [-0.2, 0) is 32.7 Å². The van der Waals surface area contributed by atoms with Gasteiger partial charge in [0, 0.05) is 12.8 Å². The molecule has 0 bridgehead atoms. The first-order chi connectivity index (χ1) is 29.4. The lowest BCUT2D eigenvalue weighted by atomic mass is 10.1. The van der Waals surface area contributed by atoms with Crippen LogP contribution in [0.3, 0.4) is 0 Å². The van der Waals surface area contributed by atoms with Gasteiger partial charge in [-0.3, -0.25) is 18.6 Å². The van der Waals surface area contributed by atoms with Crippen LogP contribution in [-0.4, -0.2) is 86.1 Å². The van der Waals surface area contributed by atoms with Crippen molar-refractivity contribution in [3.8, 4) is 0 Å². The fourth-order valence-corrected chi connectivity index (χ4v) is 7.03. The topological polar surface area (TPSA) is 129 Å². The maximum Gasteiger partial charge on any atom is 0.472 e. The molecular formula is C50H91NO9P+. The van der Waals surface area contributed by atoms with E-state index in [0.29, 0.717) is 23.9 Å². The predicted octanol–water partition coefficient (Wildman–Crippen LogP) is 13.0. The van der Waals surface area contributed by atoms with Gasteiger partial charge in [-0.25, -0.2) is 4.57 Å². The Morgan fingerprint density at radius 3 is 1.72 bits per heavy atom. The van der Waals surface area contributed by atoms with E-state index in [1.165, 1.54) is 83.5 Å². The van der Waals surface area contributed by atoms with Gasteiger partial charge in [-0.2, -0.15) is 0 Å². The van der Waals surface area contributed by atoms with Crippen molar-refractivity contribution in [3.05, 3.63) is 60.8 Å². The van der Waals surface area contributed by atoms with Crippen molar-refractivity contribution in [1.29, 1.82) is 0 Å². The number of nitrogens with zero attached hydrogens (tertiary/aromatic N) is 1. The minimum atomic E-state index is -4.41. The monoisotopic (exact) mass is 881 g/mol. The third kappa shape index (κ3) is 45.5. The molecule has 0 aromatic carbocycles. The molecule has 61 heavy (non-hydrogen) atoms. The molecule has 0 aromatic heterocycles. The van der Waals surface area contributed by atoms with E-state index in [2.05, 4.69) is 38.2 Å². The third-order valence-electron chi connectivity index (χ3n) is 10.1. The highest BCUT2D eigenvalue weighted by atomic mass is 31.2. The van der Waals surface area contributed by atoms with E-state index < -0.39 is 32.5 Å². The van der Waals surface area contributed by atoms with Gasteiger partial charge in [0.05, 0.1) is 33.9 Å². The molecule has 0 radical (unpaired) electrons. The van der Waals surface area contributed by atoms with Gasteiger partial charge < -0.3 is 24.0 Å². The molecule has 0 saturated carbocycles. The first-order valence-electron chi connectivity index (χ1n) is 24.1. The number of rotatable bonds is 43. The number of hydrogen-bond donors (Lipinski definition) is 2. The summed E-state index contributed by atoms with van der Waals surface area (Å²) in [5.41, 5.74) is 0. The number of unbranched alkanes of at least 4 members (excludes halogenated alkanes) is 18. The minimum Gasteiger partial charge on any atom is -0.462 e. The van der Waals surface area contributed by atoms with Crippen molar-refractivity contribution in [2.45, 2.75) is 199 Å². The molecular weight excluding hydrogens is 790 g/mol. The number of phosphoric acid groups is 1. The Hall–Kier alpha value is -2.33. The van der Waals surface area contributed by atoms with Crippen LogP contribution in [0.15, 0.2) is 60.8 Å². The van der Waals surface area contributed by atoms with E-state index in [4.69, 9.17) is 18.5 Å². The highest BCUT2D eigenvalue weighted by Crippen LogP contribution is 2.43. The Morgan fingerprint density at radius 2 is 1.10 bits per heavy atom. The number of quaternary nitrogens is 1. The van der Waals surface area contributed by atoms with Crippen LogP contribution < -0.4 is 0 Å². The lowest BCUT2D eigenvalue weighted by molar-refractivity contribution is -0.870. The van der Waals surface area contributed by atoms with E-state index in [1.807, 2.05) is 57.6 Å². The van der Waals surface area contributed by atoms with Gasteiger partial charge in [-0.1, -0.05) is 171 Å². The predicted molar refractivity (Wildman–Crippen MR) is 253 cm³/mol. The standard InChI is InChI=1S/C50H90NO9P/c1-6-8-10-11-12-13-14-15-16-17-18-19-20-21-24-27-30-33-37-41-49(53)57-45-48(46-59-61(55,56)58-44-43-51(3,4)5)60-50(54)42-38-34-31-28-25-22-23-26-29-32-36-40-47(52)39-35-9-7-2/h15-16,22-23,28-29,31-32,36,40,47-48,52H,6-14,17-21,24-27,30,33-35,37-39,41-46H2,1-5H3/p+1/b16-15-,23-22-,31-28-,32-29-,40-36+/t47-,48+/m0/s1. The number of phosphoric ester groups is 1. The SMILES string of the molecule is CCCCCCCC/C=C\CCCCCCCCCCCC(=O)OC[C@H](COP(=O)(O)OCC[N+](C)(C)C)OC(=O)CCC/C=C\C/C=C\C/C=C\C=C\[C@@H](O)CCCCC. The molecule has 0 aromatic rings. The van der Waals surface area contributed by atoms with Crippen LogP contribution in [0.2, 0.25) is 0 Å². The molecule has 1 unspecified atom stereocenters.